The highest BCUT2D eigenvalue weighted by molar-refractivity contribution is 6.41. The number of aliphatic imine (C=N–C) groups is 1. The second-order valence-electron chi connectivity index (χ2n) is 7.43. The summed E-state index contributed by atoms with van der Waals surface area (Å²) in [5.74, 6) is -1.63. The molecule has 0 spiro atoms. The Morgan fingerprint density at radius 2 is 1.52 bits per heavy atom. The third-order valence-electron chi connectivity index (χ3n) is 5.32. The molecule has 3 N–H and O–H groups in total. The van der Waals surface area contributed by atoms with Crippen LogP contribution >= 0.6 is 0 Å². The average Bonchev–Trinajstić information content (AvgIpc) is 3.09. The molecule has 0 aromatic heterocycles. The summed E-state index contributed by atoms with van der Waals surface area (Å²) in [6, 6.07) is 16.0. The molecule has 7 heteroatoms. The smallest absolute Gasteiger partial charge is 0.433 e. The zero-order valence-electron chi connectivity index (χ0n) is 17.3. The lowest BCUT2D eigenvalue weighted by molar-refractivity contribution is -0.138. The number of nitrogens with zero attached hydrogens (tertiary/aromatic N) is 1. The van der Waals surface area contributed by atoms with Gasteiger partial charge in [0.15, 0.2) is 5.78 Å². The molecule has 0 atom stereocenters. The van der Waals surface area contributed by atoms with E-state index in [4.69, 9.17) is 15.6 Å². The van der Waals surface area contributed by atoms with E-state index in [1.54, 1.807) is 0 Å². The number of fused-ring (bicyclic) bond motifs is 3. The molecule has 1 aliphatic carbocycles. The van der Waals surface area contributed by atoms with Gasteiger partial charge >= 0.3 is 12.1 Å². The number of hydrogen-bond acceptors (Lipinski definition) is 5. The summed E-state index contributed by atoms with van der Waals surface area (Å²) < 4.78 is 5.43. The number of aliphatic carboxylic acids is 1. The fourth-order valence-corrected chi connectivity index (χ4v) is 3.80. The van der Waals surface area contributed by atoms with Crippen LogP contribution in [0.3, 0.4) is 0 Å². The number of unbranched alkanes of at least 4 members (excludes halogenated alkanes) is 1. The molecule has 0 saturated carbocycles. The van der Waals surface area contributed by atoms with Gasteiger partial charge in [-0.2, -0.15) is 4.99 Å². The highest BCUT2D eigenvalue weighted by Crippen LogP contribution is 2.44. The number of hydrogen-bond donors (Lipinski definition) is 2. The molecule has 7 nitrogen and oxygen atoms in total. The van der Waals surface area contributed by atoms with E-state index in [9.17, 15) is 14.4 Å². The lowest BCUT2D eigenvalue weighted by Crippen LogP contribution is -2.19. The first-order valence-electron chi connectivity index (χ1n) is 10.4. The Labute approximate surface area is 180 Å². The Kier molecular flexibility index (Phi) is 7.67. The van der Waals surface area contributed by atoms with Crippen molar-refractivity contribution in [3.8, 4) is 11.1 Å². The Balaban J connectivity index is 1.71. The van der Waals surface area contributed by atoms with Gasteiger partial charge in [-0.3, -0.25) is 9.59 Å². The minimum Gasteiger partial charge on any atom is -0.481 e. The van der Waals surface area contributed by atoms with E-state index in [1.807, 2.05) is 48.5 Å². The molecule has 1 amide bonds. The van der Waals surface area contributed by atoms with Crippen molar-refractivity contribution in [1.29, 1.82) is 0 Å². The van der Waals surface area contributed by atoms with Crippen LogP contribution < -0.4 is 5.73 Å². The third kappa shape index (κ3) is 5.64. The monoisotopic (exact) mass is 422 g/mol. The van der Waals surface area contributed by atoms with E-state index in [-0.39, 0.29) is 37.5 Å². The highest BCUT2D eigenvalue weighted by atomic mass is 16.5. The van der Waals surface area contributed by atoms with Crippen molar-refractivity contribution in [2.24, 2.45) is 10.7 Å². The molecule has 3 rings (SSSR count). The van der Waals surface area contributed by atoms with E-state index in [1.165, 1.54) is 0 Å². The molecule has 0 bridgehead atoms. The van der Waals surface area contributed by atoms with Crippen LogP contribution in [-0.4, -0.2) is 41.8 Å². The van der Waals surface area contributed by atoms with Crippen molar-refractivity contribution >= 4 is 23.6 Å². The zero-order valence-corrected chi connectivity index (χ0v) is 17.3. The number of amides is 1. The van der Waals surface area contributed by atoms with Crippen LogP contribution in [0, 0.1) is 0 Å². The SMILES string of the molecule is NCCCCC(=NC(=O)OCC1c2ccccc2-c2ccccc21)C(=O)CCC(=O)O. The normalized spacial score (nSPS) is 12.9. The summed E-state index contributed by atoms with van der Waals surface area (Å²) in [5.41, 5.74) is 9.95. The van der Waals surface area contributed by atoms with Gasteiger partial charge in [0, 0.05) is 12.3 Å². The van der Waals surface area contributed by atoms with Crippen molar-refractivity contribution in [3.63, 3.8) is 0 Å². The molecule has 0 unspecified atom stereocenters. The van der Waals surface area contributed by atoms with Crippen LogP contribution in [-0.2, 0) is 14.3 Å². The predicted molar refractivity (Wildman–Crippen MR) is 117 cm³/mol. The molecule has 2 aromatic carbocycles. The van der Waals surface area contributed by atoms with E-state index in [0.29, 0.717) is 19.4 Å². The molecule has 2 aromatic rings. The van der Waals surface area contributed by atoms with Gasteiger partial charge in [0.2, 0.25) is 0 Å². The lowest BCUT2D eigenvalue weighted by Gasteiger charge is -2.13. The number of benzene rings is 2. The van der Waals surface area contributed by atoms with Crippen LogP contribution in [0.2, 0.25) is 0 Å². The van der Waals surface area contributed by atoms with Crippen molar-refractivity contribution in [2.75, 3.05) is 13.2 Å². The quantitative estimate of drug-likeness (QED) is 0.442. The summed E-state index contributed by atoms with van der Waals surface area (Å²) >= 11 is 0. The van der Waals surface area contributed by atoms with Crippen molar-refractivity contribution in [3.05, 3.63) is 59.7 Å². The largest absolute Gasteiger partial charge is 0.481 e. The summed E-state index contributed by atoms with van der Waals surface area (Å²) in [4.78, 5) is 39.4. The Bertz CT molecular complexity index is 953. The van der Waals surface area contributed by atoms with Crippen LogP contribution in [0.15, 0.2) is 53.5 Å². The summed E-state index contributed by atoms with van der Waals surface area (Å²) in [7, 11) is 0. The molecular formula is C24H26N2O5. The zero-order chi connectivity index (χ0) is 22.2. The minimum atomic E-state index is -1.07. The maximum atomic E-state index is 12.4. The maximum Gasteiger partial charge on any atom is 0.433 e. The number of rotatable bonds is 10. The molecule has 0 radical (unpaired) electrons. The van der Waals surface area contributed by atoms with E-state index in [2.05, 4.69) is 4.99 Å². The number of carboxylic acids is 1. The molecule has 162 valence electrons. The van der Waals surface area contributed by atoms with Gasteiger partial charge < -0.3 is 15.6 Å². The molecule has 0 aliphatic heterocycles. The molecule has 0 saturated heterocycles. The van der Waals surface area contributed by atoms with Crippen LogP contribution in [0.1, 0.15) is 49.1 Å². The minimum absolute atomic E-state index is 0.0481. The van der Waals surface area contributed by atoms with Crippen LogP contribution in [0.5, 0.6) is 0 Å². The summed E-state index contributed by atoms with van der Waals surface area (Å²) in [6.07, 6.45) is 0.182. The van der Waals surface area contributed by atoms with Gasteiger partial charge in [-0.15, -0.1) is 0 Å². The number of nitrogens with two attached hydrogens (primary N) is 1. The third-order valence-corrected chi connectivity index (χ3v) is 5.32. The Hall–Kier alpha value is -3.32. The van der Waals surface area contributed by atoms with Gasteiger partial charge in [0.05, 0.1) is 12.1 Å². The first-order chi connectivity index (χ1) is 15.0. The van der Waals surface area contributed by atoms with Crippen molar-refractivity contribution in [2.45, 2.75) is 38.0 Å². The number of ether oxygens (including phenoxy) is 1. The van der Waals surface area contributed by atoms with Gasteiger partial charge in [-0.05, 0) is 48.1 Å². The Morgan fingerprint density at radius 3 is 2.10 bits per heavy atom. The van der Waals surface area contributed by atoms with Gasteiger partial charge in [-0.25, -0.2) is 4.79 Å². The molecular weight excluding hydrogens is 396 g/mol. The second-order valence-corrected chi connectivity index (χ2v) is 7.43. The molecule has 0 heterocycles. The topological polar surface area (TPSA) is 119 Å². The first kappa shape index (κ1) is 22.4. The molecule has 1 aliphatic rings. The van der Waals surface area contributed by atoms with Gasteiger partial charge in [0.25, 0.3) is 0 Å². The van der Waals surface area contributed by atoms with Gasteiger partial charge in [0.1, 0.15) is 6.61 Å². The summed E-state index contributed by atoms with van der Waals surface area (Å²) in [6.45, 7) is 0.567. The number of ketones is 1. The fraction of sp³-hybridized carbons (Fsp3) is 0.333. The van der Waals surface area contributed by atoms with E-state index >= 15 is 0 Å². The number of Topliss-reactive ketones (excluding diaryl/α,β-unsaturated/α-hetero) is 1. The fourth-order valence-electron chi connectivity index (χ4n) is 3.80. The maximum absolute atomic E-state index is 12.4. The average molecular weight is 422 g/mol. The summed E-state index contributed by atoms with van der Waals surface area (Å²) in [5, 5.41) is 8.81. The first-order valence-corrected chi connectivity index (χ1v) is 10.4. The number of carbonyl (C=O) groups is 3. The molecule has 0 fully saturated rings. The highest BCUT2D eigenvalue weighted by Gasteiger charge is 2.29. The second kappa shape index (κ2) is 10.6. The molecule has 31 heavy (non-hydrogen) atoms. The van der Waals surface area contributed by atoms with Crippen molar-refractivity contribution in [1.82, 2.24) is 0 Å². The number of carbonyl (C=O) groups excluding carboxylic acids is 2. The van der Waals surface area contributed by atoms with Crippen LogP contribution in [0.4, 0.5) is 4.79 Å². The number of carboxylic acid groups (broad SMARTS) is 1. The van der Waals surface area contributed by atoms with E-state index in [0.717, 1.165) is 22.3 Å². The predicted octanol–water partition coefficient (Wildman–Crippen LogP) is 3.94. The standard InChI is InChI=1S/C24H26N2O5/c25-14-6-5-11-21(22(27)12-13-23(28)29)26-24(30)31-15-20-18-9-3-1-7-16(18)17-8-2-4-10-19(17)20/h1-4,7-10,20H,5-6,11-15,25H2,(H,28,29). The van der Waals surface area contributed by atoms with Crippen LogP contribution in [0.25, 0.3) is 11.1 Å². The Morgan fingerprint density at radius 1 is 0.903 bits per heavy atom. The van der Waals surface area contributed by atoms with Gasteiger partial charge in [-0.1, -0.05) is 48.5 Å². The lowest BCUT2D eigenvalue weighted by atomic mass is 9.98. The van der Waals surface area contributed by atoms with E-state index < -0.39 is 17.8 Å². The van der Waals surface area contributed by atoms with Crippen molar-refractivity contribution < 1.29 is 24.2 Å².